The summed E-state index contributed by atoms with van der Waals surface area (Å²) >= 11 is 0. The molecule has 0 aliphatic carbocycles. The lowest BCUT2D eigenvalue weighted by Crippen LogP contribution is -2.26. The lowest BCUT2D eigenvalue weighted by atomic mass is 10.1. The largest absolute Gasteiger partial charge is 0.497 e. The number of amides is 1. The van der Waals surface area contributed by atoms with E-state index in [4.69, 9.17) is 9.47 Å². The molecule has 0 radical (unpaired) electrons. The second-order valence-electron chi connectivity index (χ2n) is 8.50. The van der Waals surface area contributed by atoms with E-state index < -0.39 is 0 Å². The monoisotopic (exact) mass is 476 g/mol. The molecule has 0 aliphatic heterocycles. The summed E-state index contributed by atoms with van der Waals surface area (Å²) in [5.41, 5.74) is 3.32. The molecule has 1 N–H and O–H groups in total. The maximum absolute atomic E-state index is 12.1. The molecule has 1 aromatic heterocycles. The predicted molar refractivity (Wildman–Crippen MR) is 140 cm³/mol. The van der Waals surface area contributed by atoms with Gasteiger partial charge in [0.1, 0.15) is 11.5 Å². The van der Waals surface area contributed by atoms with Gasteiger partial charge in [0.15, 0.2) is 0 Å². The molecule has 0 unspecified atom stereocenters. The third-order valence-corrected chi connectivity index (χ3v) is 5.79. The summed E-state index contributed by atoms with van der Waals surface area (Å²) in [6, 6.07) is 14.1. The van der Waals surface area contributed by atoms with E-state index >= 15 is 0 Å². The number of carbonyl (C=O) groups excluding carboxylic acids is 1. The van der Waals surface area contributed by atoms with E-state index in [1.807, 2.05) is 53.2 Å². The first-order chi connectivity index (χ1) is 17.1. The van der Waals surface area contributed by atoms with E-state index in [-0.39, 0.29) is 5.91 Å². The van der Waals surface area contributed by atoms with Crippen molar-refractivity contribution in [3.63, 3.8) is 0 Å². The van der Waals surface area contributed by atoms with Crippen LogP contribution in [0.3, 0.4) is 0 Å². The topological polar surface area (TPSA) is 68.6 Å². The molecule has 3 rings (SSSR count). The van der Waals surface area contributed by atoms with Crippen molar-refractivity contribution in [2.75, 3.05) is 40.9 Å². The van der Waals surface area contributed by atoms with Crippen molar-refractivity contribution in [2.45, 2.75) is 25.7 Å². The second-order valence-corrected chi connectivity index (χ2v) is 8.50. The standard InChI is InChI=1S/C28H36N4O3/c1-31(17-13-24-19-26(34-2)21-27(20-24)35-3)16-5-4-14-30-28(33)8-6-7-23-9-11-25(12-10-23)32-18-15-29-22-32/h6-7,9-12,15,18-22H,4-5,8,13-14,16-17H2,1-3H3,(H,30,33)/b7-6+. The normalized spacial score (nSPS) is 11.2. The number of ether oxygens (including phenoxy) is 2. The van der Waals surface area contributed by atoms with E-state index in [1.165, 1.54) is 5.56 Å². The molecule has 0 saturated carbocycles. The molecule has 0 atom stereocenters. The van der Waals surface area contributed by atoms with Crippen LogP contribution in [0, 0.1) is 0 Å². The van der Waals surface area contributed by atoms with E-state index in [9.17, 15) is 4.79 Å². The Balaban J connectivity index is 1.27. The molecule has 0 saturated heterocycles. The van der Waals surface area contributed by atoms with Gasteiger partial charge in [-0.2, -0.15) is 0 Å². The highest BCUT2D eigenvalue weighted by molar-refractivity contribution is 5.78. The summed E-state index contributed by atoms with van der Waals surface area (Å²) in [5.74, 6) is 1.68. The van der Waals surface area contributed by atoms with Crippen molar-refractivity contribution in [3.05, 3.63) is 78.4 Å². The lowest BCUT2D eigenvalue weighted by molar-refractivity contribution is -0.120. The van der Waals surface area contributed by atoms with E-state index in [1.54, 1.807) is 26.7 Å². The van der Waals surface area contributed by atoms with Gasteiger partial charge in [0, 0.05) is 43.7 Å². The van der Waals surface area contributed by atoms with Crippen LogP contribution in [-0.4, -0.2) is 61.3 Å². The average molecular weight is 477 g/mol. The van der Waals surface area contributed by atoms with Crippen molar-refractivity contribution < 1.29 is 14.3 Å². The average Bonchev–Trinajstić information content (AvgIpc) is 3.42. The zero-order chi connectivity index (χ0) is 24.9. The van der Waals surface area contributed by atoms with E-state index in [0.29, 0.717) is 13.0 Å². The van der Waals surface area contributed by atoms with Gasteiger partial charge in [-0.3, -0.25) is 4.79 Å². The summed E-state index contributed by atoms with van der Waals surface area (Å²) in [4.78, 5) is 18.5. The first-order valence-electron chi connectivity index (χ1n) is 12.0. The van der Waals surface area contributed by atoms with Gasteiger partial charge in [0.25, 0.3) is 0 Å². The zero-order valence-corrected chi connectivity index (χ0v) is 20.9. The first kappa shape index (κ1) is 26.0. The minimum absolute atomic E-state index is 0.0524. The van der Waals surface area contributed by atoms with Crippen molar-refractivity contribution in [2.24, 2.45) is 0 Å². The molecule has 1 amide bonds. The van der Waals surface area contributed by atoms with Gasteiger partial charge < -0.3 is 24.3 Å². The number of methoxy groups -OCH3 is 2. The minimum Gasteiger partial charge on any atom is -0.497 e. The van der Waals surface area contributed by atoms with Crippen molar-refractivity contribution >= 4 is 12.0 Å². The maximum Gasteiger partial charge on any atom is 0.223 e. The molecular formula is C28H36N4O3. The number of aromatic nitrogens is 2. The van der Waals surface area contributed by atoms with Crippen LogP contribution in [0.2, 0.25) is 0 Å². The fourth-order valence-corrected chi connectivity index (χ4v) is 3.72. The van der Waals surface area contributed by atoms with Crippen molar-refractivity contribution in [1.29, 1.82) is 0 Å². The SMILES string of the molecule is COc1cc(CCN(C)CCCCNC(=O)C/C=C/c2ccc(-n3ccnc3)cc2)cc(OC)c1. The van der Waals surface area contributed by atoms with Crippen LogP contribution >= 0.6 is 0 Å². The molecule has 3 aromatic rings. The molecule has 0 fully saturated rings. The van der Waals surface area contributed by atoms with Crippen LogP contribution in [0.15, 0.2) is 67.3 Å². The Kier molecular flexibility index (Phi) is 10.4. The zero-order valence-electron chi connectivity index (χ0n) is 20.9. The van der Waals surface area contributed by atoms with Gasteiger partial charge in [-0.05, 0) is 68.2 Å². The molecular weight excluding hydrogens is 440 g/mol. The highest BCUT2D eigenvalue weighted by Crippen LogP contribution is 2.22. The molecule has 35 heavy (non-hydrogen) atoms. The van der Waals surface area contributed by atoms with Gasteiger partial charge in [0.2, 0.25) is 5.91 Å². The maximum atomic E-state index is 12.1. The minimum atomic E-state index is 0.0524. The number of unbranched alkanes of at least 4 members (excludes halogenated alkanes) is 1. The molecule has 7 nitrogen and oxygen atoms in total. The first-order valence-corrected chi connectivity index (χ1v) is 12.0. The van der Waals surface area contributed by atoms with E-state index in [0.717, 1.165) is 55.1 Å². The van der Waals surface area contributed by atoms with Crippen molar-refractivity contribution in [3.8, 4) is 17.2 Å². The van der Waals surface area contributed by atoms with Crippen LogP contribution in [0.25, 0.3) is 11.8 Å². The second kappa shape index (κ2) is 14.0. The van der Waals surface area contributed by atoms with Crippen LogP contribution in [0.4, 0.5) is 0 Å². The molecule has 7 heteroatoms. The van der Waals surface area contributed by atoms with Gasteiger partial charge >= 0.3 is 0 Å². The summed E-state index contributed by atoms with van der Waals surface area (Å²) < 4.78 is 12.6. The number of nitrogens with one attached hydrogen (secondary N) is 1. The summed E-state index contributed by atoms with van der Waals surface area (Å²) in [6.45, 7) is 2.65. The number of hydrogen-bond acceptors (Lipinski definition) is 5. The summed E-state index contributed by atoms with van der Waals surface area (Å²) in [6.07, 6.45) is 12.6. The third kappa shape index (κ3) is 8.94. The number of rotatable bonds is 14. The highest BCUT2D eigenvalue weighted by Gasteiger charge is 2.05. The Bertz CT molecular complexity index is 1040. The lowest BCUT2D eigenvalue weighted by Gasteiger charge is -2.17. The van der Waals surface area contributed by atoms with Crippen LogP contribution < -0.4 is 14.8 Å². The van der Waals surface area contributed by atoms with Gasteiger partial charge in [-0.25, -0.2) is 4.98 Å². The smallest absolute Gasteiger partial charge is 0.223 e. The van der Waals surface area contributed by atoms with Crippen LogP contribution in [0.1, 0.15) is 30.4 Å². The Morgan fingerprint density at radius 3 is 2.46 bits per heavy atom. The number of imidazole rings is 1. The predicted octanol–water partition coefficient (Wildman–Crippen LogP) is 4.36. The number of hydrogen-bond donors (Lipinski definition) is 1. The molecule has 0 aliphatic rings. The number of likely N-dealkylation sites (N-methyl/N-ethyl adjacent to an activating group) is 1. The third-order valence-electron chi connectivity index (χ3n) is 5.79. The van der Waals surface area contributed by atoms with Gasteiger partial charge in [0.05, 0.1) is 20.5 Å². The van der Waals surface area contributed by atoms with Crippen LogP contribution in [0.5, 0.6) is 11.5 Å². The quantitative estimate of drug-likeness (QED) is 0.350. The Morgan fingerprint density at radius 1 is 1.06 bits per heavy atom. The van der Waals surface area contributed by atoms with Gasteiger partial charge in [-0.15, -0.1) is 0 Å². The summed E-state index contributed by atoms with van der Waals surface area (Å²) in [5, 5.41) is 3.01. The van der Waals surface area contributed by atoms with Crippen molar-refractivity contribution in [1.82, 2.24) is 19.8 Å². The molecule has 0 spiro atoms. The highest BCUT2D eigenvalue weighted by atomic mass is 16.5. The fraction of sp³-hybridized carbons (Fsp3) is 0.357. The molecule has 186 valence electrons. The van der Waals surface area contributed by atoms with E-state index in [2.05, 4.69) is 34.4 Å². The fourth-order valence-electron chi connectivity index (χ4n) is 3.72. The molecule has 2 aromatic carbocycles. The number of benzene rings is 2. The summed E-state index contributed by atoms with van der Waals surface area (Å²) in [7, 11) is 5.47. The number of carbonyl (C=O) groups is 1. The Labute approximate surface area is 208 Å². The molecule has 1 heterocycles. The number of nitrogens with zero attached hydrogens (tertiary/aromatic N) is 3. The Hall–Kier alpha value is -3.58. The van der Waals surface area contributed by atoms with Gasteiger partial charge in [-0.1, -0.05) is 24.3 Å². The molecule has 0 bridgehead atoms. The van der Waals surface area contributed by atoms with Crippen LogP contribution in [-0.2, 0) is 11.2 Å². The Morgan fingerprint density at radius 2 is 1.80 bits per heavy atom.